The van der Waals surface area contributed by atoms with Crippen LogP contribution in [0.15, 0.2) is 18.3 Å². The van der Waals surface area contributed by atoms with Gasteiger partial charge in [-0.1, -0.05) is 11.6 Å². The van der Waals surface area contributed by atoms with Crippen LogP contribution in [-0.2, 0) is 0 Å². The second kappa shape index (κ2) is 5.23. The third-order valence-corrected chi connectivity index (χ3v) is 4.23. The van der Waals surface area contributed by atoms with E-state index in [2.05, 4.69) is 30.9 Å². The van der Waals surface area contributed by atoms with E-state index >= 15 is 0 Å². The van der Waals surface area contributed by atoms with E-state index in [1.54, 1.807) is 6.20 Å². The summed E-state index contributed by atoms with van der Waals surface area (Å²) in [4.78, 5) is 9.61. The molecule has 3 heterocycles. The van der Waals surface area contributed by atoms with Gasteiger partial charge in [0.05, 0.1) is 22.0 Å². The maximum absolute atomic E-state index is 5.96. The first kappa shape index (κ1) is 13.1. The van der Waals surface area contributed by atoms with Gasteiger partial charge in [-0.05, 0) is 19.1 Å². The first-order chi connectivity index (χ1) is 9.67. The Bertz CT molecular complexity index is 737. The number of nitrogens with one attached hydrogen (secondary N) is 3. The lowest BCUT2D eigenvalue weighted by Gasteiger charge is -2.14. The molecule has 0 aliphatic heterocycles. The van der Waals surface area contributed by atoms with Crippen LogP contribution in [0.1, 0.15) is 17.8 Å². The summed E-state index contributed by atoms with van der Waals surface area (Å²) in [6.07, 6.45) is 1.67. The van der Waals surface area contributed by atoms with E-state index in [-0.39, 0.29) is 6.04 Å². The van der Waals surface area contributed by atoms with E-state index in [4.69, 9.17) is 17.4 Å². The van der Waals surface area contributed by atoms with Crippen molar-refractivity contribution in [1.29, 1.82) is 0 Å². The molecule has 104 valence electrons. The number of hydrogen-bond acceptors (Lipinski definition) is 7. The predicted molar refractivity (Wildman–Crippen MR) is 80.9 cm³/mol. The lowest BCUT2D eigenvalue weighted by Crippen LogP contribution is -2.13. The van der Waals surface area contributed by atoms with Crippen molar-refractivity contribution in [2.75, 3.05) is 10.7 Å². The highest BCUT2D eigenvalue weighted by Crippen LogP contribution is 2.30. The van der Waals surface area contributed by atoms with Gasteiger partial charge in [-0.2, -0.15) is 15.1 Å². The minimum atomic E-state index is 0.0612. The van der Waals surface area contributed by atoms with Crippen molar-refractivity contribution in [3.8, 4) is 0 Å². The molecule has 1 atom stereocenters. The molecular weight excluding hydrogens is 298 g/mol. The molecule has 0 aliphatic carbocycles. The summed E-state index contributed by atoms with van der Waals surface area (Å²) in [5, 5.41) is 10.9. The number of nitrogens with two attached hydrogens (primary N) is 1. The molecule has 1 unspecified atom stereocenters. The van der Waals surface area contributed by atoms with Crippen LogP contribution in [0.25, 0.3) is 11.0 Å². The number of hydrazine groups is 1. The highest BCUT2D eigenvalue weighted by Gasteiger charge is 2.13. The van der Waals surface area contributed by atoms with Crippen LogP contribution in [0, 0.1) is 0 Å². The Morgan fingerprint density at radius 2 is 2.25 bits per heavy atom. The Balaban J connectivity index is 1.95. The van der Waals surface area contributed by atoms with Gasteiger partial charge < -0.3 is 5.32 Å². The molecule has 3 aromatic heterocycles. The van der Waals surface area contributed by atoms with Crippen molar-refractivity contribution in [2.24, 2.45) is 5.84 Å². The Hall–Kier alpha value is -1.90. The molecule has 7 nitrogen and oxygen atoms in total. The molecule has 0 aromatic carbocycles. The van der Waals surface area contributed by atoms with E-state index in [0.717, 1.165) is 14.6 Å². The van der Waals surface area contributed by atoms with Crippen LogP contribution in [0.5, 0.6) is 0 Å². The molecule has 9 heteroatoms. The molecule has 0 spiro atoms. The van der Waals surface area contributed by atoms with Crippen LogP contribution in [-0.4, -0.2) is 20.2 Å². The maximum atomic E-state index is 5.96. The Labute approximate surface area is 123 Å². The highest BCUT2D eigenvalue weighted by atomic mass is 35.5. The van der Waals surface area contributed by atoms with Gasteiger partial charge in [-0.3, -0.25) is 10.5 Å². The van der Waals surface area contributed by atoms with Gasteiger partial charge in [0.1, 0.15) is 5.82 Å². The molecule has 0 amide bonds. The topological polar surface area (TPSA) is 105 Å². The molecule has 0 saturated heterocycles. The fourth-order valence-corrected chi connectivity index (χ4v) is 2.91. The van der Waals surface area contributed by atoms with Gasteiger partial charge in [0.2, 0.25) is 5.95 Å². The molecule has 0 bridgehead atoms. The summed E-state index contributed by atoms with van der Waals surface area (Å²) in [6.45, 7) is 2.03. The van der Waals surface area contributed by atoms with Crippen molar-refractivity contribution in [3.63, 3.8) is 0 Å². The average molecular weight is 310 g/mol. The van der Waals surface area contributed by atoms with Crippen LogP contribution in [0.3, 0.4) is 0 Å². The van der Waals surface area contributed by atoms with Gasteiger partial charge in [0, 0.05) is 4.88 Å². The second-order valence-electron chi connectivity index (χ2n) is 4.18. The number of thiophene rings is 1. The Morgan fingerprint density at radius 3 is 2.95 bits per heavy atom. The van der Waals surface area contributed by atoms with Gasteiger partial charge in [-0.15, -0.1) is 11.3 Å². The fraction of sp³-hybridized carbons (Fsp3) is 0.182. The molecule has 3 aromatic rings. The summed E-state index contributed by atoms with van der Waals surface area (Å²) in [6, 6.07) is 3.92. The molecule has 0 radical (unpaired) electrons. The maximum Gasteiger partial charge on any atom is 0.241 e. The third-order valence-electron chi connectivity index (χ3n) is 2.81. The average Bonchev–Trinajstić information content (AvgIpc) is 3.06. The van der Waals surface area contributed by atoms with Crippen molar-refractivity contribution < 1.29 is 0 Å². The lowest BCUT2D eigenvalue weighted by molar-refractivity contribution is 0.897. The van der Waals surface area contributed by atoms with Gasteiger partial charge in [0.25, 0.3) is 0 Å². The zero-order valence-corrected chi connectivity index (χ0v) is 12.1. The summed E-state index contributed by atoms with van der Waals surface area (Å²) in [5.41, 5.74) is 3.06. The molecule has 0 saturated carbocycles. The second-order valence-corrected chi connectivity index (χ2v) is 5.93. The van der Waals surface area contributed by atoms with E-state index in [0.29, 0.717) is 17.4 Å². The molecular formula is C11H12ClN7S. The number of halogens is 1. The normalized spacial score (nSPS) is 12.6. The quantitative estimate of drug-likeness (QED) is 0.436. The summed E-state index contributed by atoms with van der Waals surface area (Å²) >= 11 is 7.48. The monoisotopic (exact) mass is 309 g/mol. The van der Waals surface area contributed by atoms with Crippen LogP contribution in [0.4, 0.5) is 11.8 Å². The molecule has 5 N–H and O–H groups in total. The van der Waals surface area contributed by atoms with Crippen molar-refractivity contribution in [3.05, 3.63) is 27.5 Å². The minimum Gasteiger partial charge on any atom is -0.362 e. The SMILES string of the molecule is CC(Nc1nc(NN)nc2[nH]ncc12)c1ccc(Cl)s1. The first-order valence-corrected chi connectivity index (χ1v) is 7.06. The number of nitrogen functional groups attached to an aromatic ring is 1. The van der Waals surface area contributed by atoms with Crippen molar-refractivity contribution in [2.45, 2.75) is 13.0 Å². The summed E-state index contributed by atoms with van der Waals surface area (Å²) in [5.74, 6) is 6.35. The van der Waals surface area contributed by atoms with Gasteiger partial charge in [-0.25, -0.2) is 5.84 Å². The minimum absolute atomic E-state index is 0.0612. The zero-order valence-electron chi connectivity index (χ0n) is 10.5. The lowest BCUT2D eigenvalue weighted by atomic mass is 10.2. The molecule has 20 heavy (non-hydrogen) atoms. The number of nitrogens with zero attached hydrogens (tertiary/aromatic N) is 3. The standard InChI is InChI=1S/C11H12ClN7S/c1-5(7-2-3-8(12)20-7)15-9-6-4-14-19-10(6)17-11(16-9)18-13/h2-5H,13H2,1H3,(H3,14,15,16,17,18,19). The van der Waals surface area contributed by atoms with Crippen LogP contribution in [0.2, 0.25) is 4.34 Å². The summed E-state index contributed by atoms with van der Waals surface area (Å²) < 4.78 is 0.758. The van der Waals surface area contributed by atoms with E-state index in [1.165, 1.54) is 11.3 Å². The number of fused-ring (bicyclic) bond motifs is 1. The number of rotatable bonds is 4. The van der Waals surface area contributed by atoms with Crippen LogP contribution < -0.4 is 16.6 Å². The smallest absolute Gasteiger partial charge is 0.241 e. The molecule has 3 rings (SSSR count). The number of aromatic nitrogens is 4. The Morgan fingerprint density at radius 1 is 1.40 bits per heavy atom. The largest absolute Gasteiger partial charge is 0.362 e. The van der Waals surface area contributed by atoms with Gasteiger partial charge >= 0.3 is 0 Å². The number of anilines is 2. The highest BCUT2D eigenvalue weighted by molar-refractivity contribution is 7.16. The van der Waals surface area contributed by atoms with E-state index < -0.39 is 0 Å². The fourth-order valence-electron chi connectivity index (χ4n) is 1.85. The van der Waals surface area contributed by atoms with Crippen LogP contribution >= 0.6 is 22.9 Å². The van der Waals surface area contributed by atoms with Crippen molar-refractivity contribution >= 4 is 45.7 Å². The van der Waals surface area contributed by atoms with E-state index in [9.17, 15) is 0 Å². The predicted octanol–water partition coefficient (Wildman–Crippen LogP) is 2.53. The first-order valence-electron chi connectivity index (χ1n) is 5.87. The zero-order chi connectivity index (χ0) is 14.1. The number of H-pyrrole nitrogens is 1. The van der Waals surface area contributed by atoms with Crippen molar-refractivity contribution in [1.82, 2.24) is 20.2 Å². The number of hydrogen-bond donors (Lipinski definition) is 4. The molecule has 0 fully saturated rings. The van der Waals surface area contributed by atoms with E-state index in [1.807, 2.05) is 19.1 Å². The Kier molecular flexibility index (Phi) is 3.43. The summed E-state index contributed by atoms with van der Waals surface area (Å²) in [7, 11) is 0. The molecule has 0 aliphatic rings. The number of aromatic amines is 1. The third kappa shape index (κ3) is 2.40. The van der Waals surface area contributed by atoms with Gasteiger partial charge in [0.15, 0.2) is 5.65 Å².